The summed E-state index contributed by atoms with van der Waals surface area (Å²) in [5.74, 6) is 0. The van der Waals surface area contributed by atoms with Gasteiger partial charge in [-0.3, -0.25) is 0 Å². The molecule has 0 aliphatic carbocycles. The summed E-state index contributed by atoms with van der Waals surface area (Å²) in [7, 11) is 0. The number of hydrogen-bond acceptors (Lipinski definition) is 2. The SMILES string of the molecule is Cc1cccc(Sc2cccc(Cl)c2CO)c1. The van der Waals surface area contributed by atoms with E-state index in [-0.39, 0.29) is 6.61 Å². The minimum absolute atomic E-state index is 0.0339. The Kier molecular flexibility index (Phi) is 4.11. The molecule has 0 amide bonds. The third-order valence-electron chi connectivity index (χ3n) is 2.45. The topological polar surface area (TPSA) is 20.2 Å². The van der Waals surface area contributed by atoms with E-state index in [9.17, 15) is 5.11 Å². The molecule has 1 N–H and O–H groups in total. The normalized spacial score (nSPS) is 10.5. The van der Waals surface area contributed by atoms with Gasteiger partial charge in [-0.1, -0.05) is 47.1 Å². The number of aliphatic hydroxyl groups excluding tert-OH is 1. The molecule has 1 nitrogen and oxygen atoms in total. The van der Waals surface area contributed by atoms with Crippen LogP contribution in [0.3, 0.4) is 0 Å². The quantitative estimate of drug-likeness (QED) is 0.892. The van der Waals surface area contributed by atoms with Gasteiger partial charge in [-0.25, -0.2) is 0 Å². The second kappa shape index (κ2) is 5.58. The Morgan fingerprint density at radius 1 is 1.18 bits per heavy atom. The highest BCUT2D eigenvalue weighted by atomic mass is 35.5. The lowest BCUT2D eigenvalue weighted by molar-refractivity contribution is 0.279. The highest BCUT2D eigenvalue weighted by Gasteiger charge is 2.07. The van der Waals surface area contributed by atoms with Crippen molar-refractivity contribution in [3.63, 3.8) is 0 Å². The molecule has 0 bridgehead atoms. The fourth-order valence-corrected chi connectivity index (χ4v) is 2.97. The van der Waals surface area contributed by atoms with Crippen LogP contribution < -0.4 is 0 Å². The Labute approximate surface area is 110 Å². The van der Waals surface area contributed by atoms with Crippen LogP contribution in [0.4, 0.5) is 0 Å². The molecule has 0 fully saturated rings. The van der Waals surface area contributed by atoms with Crippen molar-refractivity contribution in [3.05, 3.63) is 58.6 Å². The van der Waals surface area contributed by atoms with Crippen molar-refractivity contribution in [1.82, 2.24) is 0 Å². The van der Waals surface area contributed by atoms with Gasteiger partial charge in [0.25, 0.3) is 0 Å². The molecule has 3 heteroatoms. The monoisotopic (exact) mass is 264 g/mol. The summed E-state index contributed by atoms with van der Waals surface area (Å²) in [6.07, 6.45) is 0. The van der Waals surface area contributed by atoms with Gasteiger partial charge in [-0.05, 0) is 31.2 Å². The lowest BCUT2D eigenvalue weighted by Crippen LogP contribution is -1.89. The van der Waals surface area contributed by atoms with Gasteiger partial charge in [0.15, 0.2) is 0 Å². The smallest absolute Gasteiger partial charge is 0.0707 e. The second-order valence-electron chi connectivity index (χ2n) is 3.79. The summed E-state index contributed by atoms with van der Waals surface area (Å²) >= 11 is 7.68. The van der Waals surface area contributed by atoms with Gasteiger partial charge >= 0.3 is 0 Å². The van der Waals surface area contributed by atoms with Gasteiger partial charge in [0.05, 0.1) is 6.61 Å². The molecular formula is C14H13ClOS. The van der Waals surface area contributed by atoms with Crippen LogP contribution in [0.5, 0.6) is 0 Å². The first-order valence-corrected chi connectivity index (χ1v) is 6.53. The molecule has 17 heavy (non-hydrogen) atoms. The summed E-state index contributed by atoms with van der Waals surface area (Å²) in [5, 5.41) is 9.95. The molecule has 0 aliphatic rings. The summed E-state index contributed by atoms with van der Waals surface area (Å²) in [4.78, 5) is 2.16. The largest absolute Gasteiger partial charge is 0.392 e. The van der Waals surface area contributed by atoms with E-state index >= 15 is 0 Å². The number of rotatable bonds is 3. The Morgan fingerprint density at radius 2 is 1.94 bits per heavy atom. The van der Waals surface area contributed by atoms with Crippen LogP contribution in [-0.2, 0) is 6.61 Å². The molecule has 0 atom stereocenters. The number of aryl methyl sites for hydroxylation is 1. The maximum atomic E-state index is 9.33. The minimum atomic E-state index is -0.0339. The Morgan fingerprint density at radius 3 is 2.65 bits per heavy atom. The zero-order valence-electron chi connectivity index (χ0n) is 9.48. The van der Waals surface area contributed by atoms with Crippen molar-refractivity contribution >= 4 is 23.4 Å². The number of hydrogen-bond donors (Lipinski definition) is 1. The van der Waals surface area contributed by atoms with E-state index in [1.54, 1.807) is 17.8 Å². The molecule has 0 radical (unpaired) electrons. The number of aliphatic hydroxyl groups is 1. The minimum Gasteiger partial charge on any atom is -0.392 e. The van der Waals surface area contributed by atoms with E-state index in [0.29, 0.717) is 5.02 Å². The van der Waals surface area contributed by atoms with Crippen molar-refractivity contribution in [2.75, 3.05) is 0 Å². The maximum Gasteiger partial charge on any atom is 0.0707 e. The Hall–Kier alpha value is -0.960. The first-order valence-electron chi connectivity index (χ1n) is 5.33. The summed E-state index contributed by atoms with van der Waals surface area (Å²) in [6.45, 7) is 2.03. The van der Waals surface area contributed by atoms with E-state index in [4.69, 9.17) is 11.6 Å². The molecule has 0 unspecified atom stereocenters. The second-order valence-corrected chi connectivity index (χ2v) is 5.32. The zero-order chi connectivity index (χ0) is 12.3. The van der Waals surface area contributed by atoms with Crippen molar-refractivity contribution in [1.29, 1.82) is 0 Å². The van der Waals surface area contributed by atoms with Gasteiger partial charge in [-0.15, -0.1) is 0 Å². The predicted molar refractivity (Wildman–Crippen MR) is 72.7 cm³/mol. The van der Waals surface area contributed by atoms with Crippen LogP contribution in [0.15, 0.2) is 52.3 Å². The third kappa shape index (κ3) is 3.03. The standard InChI is InChI=1S/C14H13ClOS/c1-10-4-2-5-11(8-10)17-14-7-3-6-13(15)12(14)9-16/h2-8,16H,9H2,1H3. The maximum absolute atomic E-state index is 9.33. The van der Waals surface area contributed by atoms with Gasteiger partial charge < -0.3 is 5.11 Å². The van der Waals surface area contributed by atoms with Gasteiger partial charge in [-0.2, -0.15) is 0 Å². The molecule has 2 aromatic rings. The van der Waals surface area contributed by atoms with Gasteiger partial charge in [0, 0.05) is 20.4 Å². The summed E-state index contributed by atoms with van der Waals surface area (Å²) in [5.41, 5.74) is 2.02. The molecule has 2 rings (SSSR count). The fourth-order valence-electron chi connectivity index (χ4n) is 1.59. The molecular weight excluding hydrogens is 252 g/mol. The van der Waals surface area contributed by atoms with E-state index in [1.165, 1.54) is 5.56 Å². The Balaban J connectivity index is 2.33. The molecule has 0 aliphatic heterocycles. The van der Waals surface area contributed by atoms with Crippen molar-refractivity contribution in [2.24, 2.45) is 0 Å². The molecule has 0 saturated carbocycles. The lowest BCUT2D eigenvalue weighted by Gasteiger charge is -2.09. The number of benzene rings is 2. The zero-order valence-corrected chi connectivity index (χ0v) is 11.1. The van der Waals surface area contributed by atoms with Crippen LogP contribution in [0.25, 0.3) is 0 Å². The van der Waals surface area contributed by atoms with E-state index in [1.807, 2.05) is 18.2 Å². The summed E-state index contributed by atoms with van der Waals surface area (Å²) < 4.78 is 0. The average molecular weight is 265 g/mol. The average Bonchev–Trinajstić information content (AvgIpc) is 2.29. The molecule has 2 aromatic carbocycles. The molecule has 88 valence electrons. The fraction of sp³-hybridized carbons (Fsp3) is 0.143. The molecule has 0 heterocycles. The van der Waals surface area contributed by atoms with Gasteiger partial charge in [0.2, 0.25) is 0 Å². The van der Waals surface area contributed by atoms with Crippen LogP contribution in [0, 0.1) is 6.92 Å². The number of halogens is 1. The molecule has 0 aromatic heterocycles. The van der Waals surface area contributed by atoms with Crippen molar-refractivity contribution in [3.8, 4) is 0 Å². The third-order valence-corrected chi connectivity index (χ3v) is 3.90. The first kappa shape index (κ1) is 12.5. The van der Waals surface area contributed by atoms with Gasteiger partial charge in [0.1, 0.15) is 0 Å². The first-order chi connectivity index (χ1) is 8.20. The molecule has 0 spiro atoms. The van der Waals surface area contributed by atoms with Crippen molar-refractivity contribution < 1.29 is 5.11 Å². The van der Waals surface area contributed by atoms with Crippen LogP contribution in [0.2, 0.25) is 5.02 Å². The molecule has 0 saturated heterocycles. The van der Waals surface area contributed by atoms with E-state index < -0.39 is 0 Å². The van der Waals surface area contributed by atoms with Crippen LogP contribution in [-0.4, -0.2) is 5.11 Å². The van der Waals surface area contributed by atoms with Crippen LogP contribution >= 0.6 is 23.4 Å². The summed E-state index contributed by atoms with van der Waals surface area (Å²) in [6, 6.07) is 13.9. The highest BCUT2D eigenvalue weighted by molar-refractivity contribution is 7.99. The lowest BCUT2D eigenvalue weighted by atomic mass is 10.2. The highest BCUT2D eigenvalue weighted by Crippen LogP contribution is 2.33. The van der Waals surface area contributed by atoms with E-state index in [2.05, 4.69) is 25.1 Å². The van der Waals surface area contributed by atoms with Crippen molar-refractivity contribution in [2.45, 2.75) is 23.3 Å². The predicted octanol–water partition coefficient (Wildman–Crippen LogP) is 4.29. The van der Waals surface area contributed by atoms with E-state index in [0.717, 1.165) is 15.4 Å². The van der Waals surface area contributed by atoms with Crippen LogP contribution in [0.1, 0.15) is 11.1 Å². The Bertz CT molecular complexity index is 525.